The highest BCUT2D eigenvalue weighted by Crippen LogP contribution is 2.35. The van der Waals surface area contributed by atoms with Crippen LogP contribution in [-0.2, 0) is 0 Å². The summed E-state index contributed by atoms with van der Waals surface area (Å²) >= 11 is 0. The Bertz CT molecular complexity index is 320. The van der Waals surface area contributed by atoms with Gasteiger partial charge in [0, 0.05) is 6.04 Å². The van der Waals surface area contributed by atoms with Gasteiger partial charge in [-0.25, -0.2) is 0 Å². The van der Waals surface area contributed by atoms with Gasteiger partial charge in [0.15, 0.2) is 0 Å². The molecule has 0 saturated heterocycles. The molecule has 1 aliphatic rings. The smallest absolute Gasteiger partial charge is 0.142 e. The second kappa shape index (κ2) is 4.56. The number of rotatable bonds is 5. The van der Waals surface area contributed by atoms with E-state index in [0.717, 1.165) is 24.0 Å². The minimum Gasteiger partial charge on any atom is -0.492 e. The minimum absolute atomic E-state index is 0.562. The number of hydrogen-bond donors (Lipinski definition) is 1. The van der Waals surface area contributed by atoms with Gasteiger partial charge in [-0.05, 0) is 44.7 Å². The molecule has 0 unspecified atom stereocenters. The van der Waals surface area contributed by atoms with Crippen molar-refractivity contribution in [2.75, 3.05) is 11.9 Å². The lowest BCUT2D eigenvalue weighted by atomic mass is 10.2. The summed E-state index contributed by atoms with van der Waals surface area (Å²) in [5, 5.41) is 3.53. The minimum atomic E-state index is 0.562. The molecule has 0 amide bonds. The van der Waals surface area contributed by atoms with Gasteiger partial charge >= 0.3 is 0 Å². The highest BCUT2D eigenvalue weighted by molar-refractivity contribution is 5.56. The zero-order chi connectivity index (χ0) is 10.7. The van der Waals surface area contributed by atoms with Crippen molar-refractivity contribution < 1.29 is 4.74 Å². The summed E-state index contributed by atoms with van der Waals surface area (Å²) in [6, 6.07) is 8.73. The Kier molecular flexibility index (Phi) is 3.14. The van der Waals surface area contributed by atoms with E-state index in [1.807, 2.05) is 25.1 Å². The zero-order valence-corrected chi connectivity index (χ0v) is 9.49. The quantitative estimate of drug-likeness (QED) is 0.796. The molecule has 2 nitrogen and oxygen atoms in total. The van der Waals surface area contributed by atoms with Crippen LogP contribution in [0.25, 0.3) is 0 Å². The summed E-state index contributed by atoms with van der Waals surface area (Å²) in [4.78, 5) is 0. The summed E-state index contributed by atoms with van der Waals surface area (Å²) < 4.78 is 5.58. The second-order valence-electron chi connectivity index (χ2n) is 4.20. The van der Waals surface area contributed by atoms with Crippen molar-refractivity contribution in [1.82, 2.24) is 0 Å². The molecular weight excluding hydrogens is 186 g/mol. The van der Waals surface area contributed by atoms with Crippen molar-refractivity contribution in [1.29, 1.82) is 0 Å². The first-order valence-electron chi connectivity index (χ1n) is 5.79. The molecule has 1 aromatic rings. The molecule has 2 rings (SSSR count). The third-order valence-corrected chi connectivity index (χ3v) is 2.90. The van der Waals surface area contributed by atoms with Gasteiger partial charge in [0.05, 0.1) is 12.3 Å². The fourth-order valence-electron chi connectivity index (χ4n) is 1.83. The molecule has 0 radical (unpaired) electrons. The van der Waals surface area contributed by atoms with Gasteiger partial charge in [0.25, 0.3) is 0 Å². The Balaban J connectivity index is 2.04. The summed E-state index contributed by atoms with van der Waals surface area (Å²) in [6.45, 7) is 4.98. The van der Waals surface area contributed by atoms with E-state index in [4.69, 9.17) is 4.74 Å². The molecule has 0 spiro atoms. The third kappa shape index (κ3) is 2.65. The molecule has 1 fully saturated rings. The lowest BCUT2D eigenvalue weighted by Crippen LogP contribution is -2.17. The van der Waals surface area contributed by atoms with Crippen LogP contribution >= 0.6 is 0 Å². The van der Waals surface area contributed by atoms with Crippen molar-refractivity contribution in [2.24, 2.45) is 5.92 Å². The van der Waals surface area contributed by atoms with E-state index < -0.39 is 0 Å². The van der Waals surface area contributed by atoms with Crippen LogP contribution in [0.15, 0.2) is 24.3 Å². The fourth-order valence-corrected chi connectivity index (χ4v) is 1.83. The second-order valence-corrected chi connectivity index (χ2v) is 4.20. The van der Waals surface area contributed by atoms with E-state index in [0.29, 0.717) is 6.04 Å². The van der Waals surface area contributed by atoms with E-state index in [9.17, 15) is 0 Å². The highest BCUT2D eigenvalue weighted by Gasteiger charge is 2.28. The van der Waals surface area contributed by atoms with E-state index in [1.165, 1.54) is 12.8 Å². The van der Waals surface area contributed by atoms with Crippen molar-refractivity contribution >= 4 is 5.69 Å². The van der Waals surface area contributed by atoms with E-state index in [1.54, 1.807) is 0 Å². The topological polar surface area (TPSA) is 21.3 Å². The molecule has 0 aromatic heterocycles. The van der Waals surface area contributed by atoms with Gasteiger partial charge in [0.1, 0.15) is 5.75 Å². The number of ether oxygens (including phenoxy) is 1. The van der Waals surface area contributed by atoms with Gasteiger partial charge in [0.2, 0.25) is 0 Å². The maximum atomic E-state index is 5.58. The molecule has 1 atom stereocenters. The predicted octanol–water partition coefficient (Wildman–Crippen LogP) is 3.30. The molecule has 0 bridgehead atoms. The largest absolute Gasteiger partial charge is 0.492 e. The van der Waals surface area contributed by atoms with Crippen molar-refractivity contribution in [2.45, 2.75) is 32.7 Å². The van der Waals surface area contributed by atoms with E-state index in [-0.39, 0.29) is 0 Å². The number of anilines is 1. The Morgan fingerprint density at radius 3 is 2.80 bits per heavy atom. The molecule has 82 valence electrons. The monoisotopic (exact) mass is 205 g/mol. The zero-order valence-electron chi connectivity index (χ0n) is 9.49. The van der Waals surface area contributed by atoms with Crippen LogP contribution in [0, 0.1) is 5.92 Å². The lowest BCUT2D eigenvalue weighted by molar-refractivity contribution is 0.341. The Labute approximate surface area is 91.6 Å². The van der Waals surface area contributed by atoms with Gasteiger partial charge in [-0.3, -0.25) is 0 Å². The normalized spacial score (nSPS) is 17.2. The SMILES string of the molecule is CCOc1ccccc1N[C@H](C)C1CC1. The first-order chi connectivity index (χ1) is 7.31. The molecule has 1 aromatic carbocycles. The first-order valence-corrected chi connectivity index (χ1v) is 5.79. The highest BCUT2D eigenvalue weighted by atomic mass is 16.5. The standard InChI is InChI=1S/C13H19NO/c1-3-15-13-7-5-4-6-12(13)14-10(2)11-8-9-11/h4-7,10-11,14H,3,8-9H2,1-2H3/t10-/m1/s1. The van der Waals surface area contributed by atoms with Gasteiger partial charge in [-0.2, -0.15) is 0 Å². The van der Waals surface area contributed by atoms with Crippen LogP contribution in [0.3, 0.4) is 0 Å². The molecule has 0 aliphatic heterocycles. The maximum absolute atomic E-state index is 5.58. The molecule has 0 heterocycles. The van der Waals surface area contributed by atoms with Gasteiger partial charge in [-0.15, -0.1) is 0 Å². The van der Waals surface area contributed by atoms with Gasteiger partial charge in [-0.1, -0.05) is 12.1 Å². The van der Waals surface area contributed by atoms with Crippen LogP contribution in [0.2, 0.25) is 0 Å². The molecule has 1 N–H and O–H groups in total. The molecule has 2 heteroatoms. The van der Waals surface area contributed by atoms with Crippen LogP contribution in [0.1, 0.15) is 26.7 Å². The summed E-state index contributed by atoms with van der Waals surface area (Å²) in [5.74, 6) is 1.83. The Hall–Kier alpha value is -1.18. The van der Waals surface area contributed by atoms with Crippen LogP contribution < -0.4 is 10.1 Å². The van der Waals surface area contributed by atoms with E-state index >= 15 is 0 Å². The van der Waals surface area contributed by atoms with Crippen LogP contribution in [0.5, 0.6) is 5.75 Å². The Morgan fingerprint density at radius 2 is 2.13 bits per heavy atom. The molecule has 1 saturated carbocycles. The van der Waals surface area contributed by atoms with Crippen molar-refractivity contribution in [3.05, 3.63) is 24.3 Å². The third-order valence-electron chi connectivity index (χ3n) is 2.90. The average molecular weight is 205 g/mol. The number of para-hydroxylation sites is 2. The summed E-state index contributed by atoms with van der Waals surface area (Å²) in [6.07, 6.45) is 2.73. The summed E-state index contributed by atoms with van der Waals surface area (Å²) in [7, 11) is 0. The molecule has 15 heavy (non-hydrogen) atoms. The Morgan fingerprint density at radius 1 is 1.40 bits per heavy atom. The summed E-state index contributed by atoms with van der Waals surface area (Å²) in [5.41, 5.74) is 1.12. The van der Waals surface area contributed by atoms with Crippen molar-refractivity contribution in [3.63, 3.8) is 0 Å². The first kappa shape index (κ1) is 10.3. The molecule has 1 aliphatic carbocycles. The number of benzene rings is 1. The fraction of sp³-hybridized carbons (Fsp3) is 0.538. The van der Waals surface area contributed by atoms with Crippen molar-refractivity contribution in [3.8, 4) is 5.75 Å². The molecular formula is C13H19NO. The van der Waals surface area contributed by atoms with E-state index in [2.05, 4.69) is 18.3 Å². The number of hydrogen-bond acceptors (Lipinski definition) is 2. The average Bonchev–Trinajstić information content (AvgIpc) is 3.04. The van der Waals surface area contributed by atoms with Gasteiger partial charge < -0.3 is 10.1 Å². The van der Waals surface area contributed by atoms with Crippen LogP contribution in [0.4, 0.5) is 5.69 Å². The van der Waals surface area contributed by atoms with Crippen LogP contribution in [-0.4, -0.2) is 12.6 Å². The maximum Gasteiger partial charge on any atom is 0.142 e. The number of nitrogens with one attached hydrogen (secondary N) is 1. The predicted molar refractivity (Wildman–Crippen MR) is 63.4 cm³/mol. The lowest BCUT2D eigenvalue weighted by Gasteiger charge is -2.17.